The van der Waals surface area contributed by atoms with Crippen LogP contribution < -0.4 is 5.32 Å². The molecule has 0 bridgehead atoms. The molecule has 2 aliphatic heterocycles. The number of nitrogens with zero attached hydrogens (tertiary/aromatic N) is 2. The van der Waals surface area contributed by atoms with Gasteiger partial charge in [0.25, 0.3) is 0 Å². The summed E-state index contributed by atoms with van der Waals surface area (Å²) in [6.45, 7) is 1.10. The maximum absolute atomic E-state index is 12.4. The number of hydrogen-bond donors (Lipinski definition) is 3. The monoisotopic (exact) mass is 264 g/mol. The first-order valence-electron chi connectivity index (χ1n) is 6.44. The second-order valence-electron chi connectivity index (χ2n) is 4.99. The Kier molecular flexibility index (Phi) is 2.98. The number of carboxylic acid groups (broad SMARTS) is 1. The van der Waals surface area contributed by atoms with E-state index in [1.54, 1.807) is 6.33 Å². The average Bonchev–Trinajstić information content (AvgIpc) is 3.05. The fourth-order valence-electron chi connectivity index (χ4n) is 2.83. The normalized spacial score (nSPS) is 26.2. The van der Waals surface area contributed by atoms with Crippen molar-refractivity contribution in [2.75, 3.05) is 6.54 Å². The van der Waals surface area contributed by atoms with E-state index in [1.807, 2.05) is 0 Å². The Morgan fingerprint density at radius 1 is 1.47 bits per heavy atom. The van der Waals surface area contributed by atoms with Crippen LogP contribution in [0.25, 0.3) is 0 Å². The van der Waals surface area contributed by atoms with Gasteiger partial charge in [-0.25, -0.2) is 9.78 Å². The van der Waals surface area contributed by atoms with Gasteiger partial charge in [0.1, 0.15) is 6.04 Å². The molecule has 1 saturated heterocycles. The number of aliphatic carboxylic acids is 1. The Bertz CT molecular complexity index is 513. The molecule has 3 heterocycles. The molecule has 1 aromatic heterocycles. The number of rotatable bonds is 2. The van der Waals surface area contributed by atoms with Crippen molar-refractivity contribution in [1.29, 1.82) is 0 Å². The molecular weight excluding hydrogens is 248 g/mol. The van der Waals surface area contributed by atoms with Gasteiger partial charge in [-0.15, -0.1) is 0 Å². The largest absolute Gasteiger partial charge is 0.480 e. The van der Waals surface area contributed by atoms with Crippen LogP contribution in [0.5, 0.6) is 0 Å². The fraction of sp³-hybridized carbons (Fsp3) is 0.583. The maximum Gasteiger partial charge on any atom is 0.326 e. The molecule has 0 aliphatic carbocycles. The topological polar surface area (TPSA) is 98.3 Å². The summed E-state index contributed by atoms with van der Waals surface area (Å²) >= 11 is 0. The number of aromatic amines is 1. The molecule has 3 rings (SSSR count). The van der Waals surface area contributed by atoms with Crippen LogP contribution in [-0.4, -0.2) is 50.5 Å². The van der Waals surface area contributed by atoms with Gasteiger partial charge in [-0.05, 0) is 12.8 Å². The highest BCUT2D eigenvalue weighted by molar-refractivity contribution is 5.88. The van der Waals surface area contributed by atoms with Crippen LogP contribution in [-0.2, 0) is 22.6 Å². The molecule has 0 radical (unpaired) electrons. The van der Waals surface area contributed by atoms with Gasteiger partial charge in [-0.3, -0.25) is 10.1 Å². The van der Waals surface area contributed by atoms with Crippen molar-refractivity contribution in [2.24, 2.45) is 0 Å². The molecule has 0 aromatic carbocycles. The Balaban J connectivity index is 1.73. The molecule has 7 heteroatoms. The van der Waals surface area contributed by atoms with Gasteiger partial charge < -0.3 is 15.0 Å². The van der Waals surface area contributed by atoms with Crippen molar-refractivity contribution >= 4 is 11.9 Å². The van der Waals surface area contributed by atoms with Crippen molar-refractivity contribution in [3.63, 3.8) is 0 Å². The molecule has 0 spiro atoms. The summed E-state index contributed by atoms with van der Waals surface area (Å²) in [5, 5.41) is 12.3. The Labute approximate surface area is 110 Å². The average molecular weight is 264 g/mol. The van der Waals surface area contributed by atoms with Crippen LogP contribution in [0.2, 0.25) is 0 Å². The zero-order valence-electron chi connectivity index (χ0n) is 10.4. The van der Waals surface area contributed by atoms with Gasteiger partial charge in [0, 0.05) is 19.5 Å². The molecular formula is C12H16N4O3. The van der Waals surface area contributed by atoms with E-state index >= 15 is 0 Å². The molecule has 1 aromatic rings. The number of carboxylic acids is 1. The van der Waals surface area contributed by atoms with Crippen LogP contribution in [0, 0.1) is 0 Å². The van der Waals surface area contributed by atoms with Crippen LogP contribution >= 0.6 is 0 Å². The molecule has 0 unspecified atom stereocenters. The molecule has 1 amide bonds. The smallest absolute Gasteiger partial charge is 0.326 e. The fourth-order valence-corrected chi connectivity index (χ4v) is 2.83. The number of imidazole rings is 1. The second-order valence-corrected chi connectivity index (χ2v) is 4.99. The van der Waals surface area contributed by atoms with Crippen molar-refractivity contribution in [3.8, 4) is 0 Å². The molecule has 7 nitrogen and oxygen atoms in total. The summed E-state index contributed by atoms with van der Waals surface area (Å²) in [6.07, 6.45) is 3.43. The molecule has 2 aliphatic rings. The van der Waals surface area contributed by atoms with E-state index in [1.165, 1.54) is 4.90 Å². The number of aromatic nitrogens is 2. The number of carbonyl (C=O) groups excluding carboxylic acids is 1. The molecule has 1 fully saturated rings. The SMILES string of the molecule is O=C(O)[C@@H]1CCCN1C(=O)[C@@H]1Cc2nc[nH]c2CN1. The van der Waals surface area contributed by atoms with E-state index < -0.39 is 12.0 Å². The zero-order chi connectivity index (χ0) is 13.4. The van der Waals surface area contributed by atoms with Crippen molar-refractivity contribution < 1.29 is 14.7 Å². The zero-order valence-corrected chi connectivity index (χ0v) is 10.4. The van der Waals surface area contributed by atoms with E-state index in [4.69, 9.17) is 5.11 Å². The third-order valence-corrected chi connectivity index (χ3v) is 3.85. The summed E-state index contributed by atoms with van der Waals surface area (Å²) in [6, 6.07) is -1.04. The van der Waals surface area contributed by atoms with Crippen molar-refractivity contribution in [2.45, 2.75) is 37.9 Å². The summed E-state index contributed by atoms with van der Waals surface area (Å²) in [5.41, 5.74) is 1.89. The van der Waals surface area contributed by atoms with Crippen LogP contribution in [0.1, 0.15) is 24.2 Å². The number of amides is 1. The highest BCUT2D eigenvalue weighted by Gasteiger charge is 2.38. The lowest BCUT2D eigenvalue weighted by Crippen LogP contribution is -2.52. The van der Waals surface area contributed by atoms with Crippen LogP contribution in [0.3, 0.4) is 0 Å². The molecule has 19 heavy (non-hydrogen) atoms. The lowest BCUT2D eigenvalue weighted by Gasteiger charge is -2.29. The van der Waals surface area contributed by atoms with E-state index in [0.29, 0.717) is 25.9 Å². The van der Waals surface area contributed by atoms with E-state index in [-0.39, 0.29) is 11.9 Å². The van der Waals surface area contributed by atoms with E-state index in [9.17, 15) is 9.59 Å². The van der Waals surface area contributed by atoms with Gasteiger partial charge in [0.05, 0.1) is 23.8 Å². The lowest BCUT2D eigenvalue weighted by molar-refractivity contribution is -0.149. The highest BCUT2D eigenvalue weighted by atomic mass is 16.4. The predicted molar refractivity (Wildman–Crippen MR) is 65.3 cm³/mol. The summed E-state index contributed by atoms with van der Waals surface area (Å²) < 4.78 is 0. The van der Waals surface area contributed by atoms with Gasteiger partial charge >= 0.3 is 5.97 Å². The minimum Gasteiger partial charge on any atom is -0.480 e. The second kappa shape index (κ2) is 4.65. The maximum atomic E-state index is 12.4. The molecule has 3 N–H and O–H groups in total. The first-order valence-corrected chi connectivity index (χ1v) is 6.44. The van der Waals surface area contributed by atoms with E-state index in [2.05, 4.69) is 15.3 Å². The summed E-state index contributed by atoms with van der Waals surface area (Å²) in [7, 11) is 0. The Hall–Kier alpha value is -1.89. The minimum absolute atomic E-state index is 0.126. The molecule has 2 atom stereocenters. The van der Waals surface area contributed by atoms with Crippen LogP contribution in [0.15, 0.2) is 6.33 Å². The highest BCUT2D eigenvalue weighted by Crippen LogP contribution is 2.21. The number of fused-ring (bicyclic) bond motifs is 1. The van der Waals surface area contributed by atoms with Gasteiger partial charge in [-0.1, -0.05) is 0 Å². The van der Waals surface area contributed by atoms with Crippen molar-refractivity contribution in [1.82, 2.24) is 20.2 Å². The Morgan fingerprint density at radius 3 is 3.11 bits per heavy atom. The summed E-state index contributed by atoms with van der Waals surface area (Å²) in [4.78, 5) is 32.2. The predicted octanol–water partition coefficient (Wildman–Crippen LogP) is -0.500. The number of carbonyl (C=O) groups is 2. The first kappa shape index (κ1) is 12.2. The Morgan fingerprint density at radius 2 is 2.32 bits per heavy atom. The minimum atomic E-state index is -0.915. The molecule has 0 saturated carbocycles. The lowest BCUT2D eigenvalue weighted by atomic mass is 10.0. The van der Waals surface area contributed by atoms with Crippen molar-refractivity contribution in [3.05, 3.63) is 17.7 Å². The first-order chi connectivity index (χ1) is 9.16. The third kappa shape index (κ3) is 2.10. The number of H-pyrrole nitrogens is 1. The van der Waals surface area contributed by atoms with Gasteiger partial charge in [-0.2, -0.15) is 0 Å². The summed E-state index contributed by atoms with van der Waals surface area (Å²) in [5.74, 6) is -1.04. The standard InChI is InChI=1S/C12H16N4O3/c17-11(16-3-1-2-10(16)12(18)19)8-4-7-9(5-13-8)15-6-14-7/h6,8,10,13H,1-5H2,(H,14,15)(H,18,19)/t8-,10-/m0/s1. The number of nitrogens with one attached hydrogen (secondary N) is 2. The van der Waals surface area contributed by atoms with E-state index in [0.717, 1.165) is 17.8 Å². The third-order valence-electron chi connectivity index (χ3n) is 3.85. The number of hydrogen-bond acceptors (Lipinski definition) is 4. The van der Waals surface area contributed by atoms with Gasteiger partial charge in [0.2, 0.25) is 5.91 Å². The quantitative estimate of drug-likeness (QED) is 0.669. The number of likely N-dealkylation sites (tertiary alicyclic amines) is 1. The van der Waals surface area contributed by atoms with Gasteiger partial charge in [0.15, 0.2) is 0 Å². The molecule has 102 valence electrons. The van der Waals surface area contributed by atoms with Crippen LogP contribution in [0.4, 0.5) is 0 Å².